The van der Waals surface area contributed by atoms with Crippen molar-refractivity contribution < 1.29 is 9.13 Å². The van der Waals surface area contributed by atoms with Crippen LogP contribution in [0.5, 0.6) is 11.5 Å². The zero-order valence-corrected chi connectivity index (χ0v) is 12.4. The third kappa shape index (κ3) is 4.87. The zero-order valence-electron chi connectivity index (χ0n) is 12.4. The van der Waals surface area contributed by atoms with E-state index in [4.69, 9.17) is 10.5 Å². The number of aryl methyl sites for hydroxylation is 1. The zero-order chi connectivity index (χ0) is 15.1. The fourth-order valence-corrected chi connectivity index (χ4v) is 2.23. The Kier molecular flexibility index (Phi) is 5.76. The molecular weight excluding hydrogens is 265 g/mol. The molecule has 0 saturated heterocycles. The van der Waals surface area contributed by atoms with Crippen LogP contribution >= 0.6 is 0 Å². The van der Waals surface area contributed by atoms with Gasteiger partial charge in [-0.3, -0.25) is 0 Å². The summed E-state index contributed by atoms with van der Waals surface area (Å²) in [6.45, 7) is 2.68. The second kappa shape index (κ2) is 7.79. The maximum absolute atomic E-state index is 13.5. The largest absolute Gasteiger partial charge is 0.457 e. The van der Waals surface area contributed by atoms with E-state index in [2.05, 4.69) is 19.1 Å². The Morgan fingerprint density at radius 1 is 0.952 bits per heavy atom. The van der Waals surface area contributed by atoms with Gasteiger partial charge in [-0.15, -0.1) is 0 Å². The Balaban J connectivity index is 2.07. The average molecular weight is 287 g/mol. The van der Waals surface area contributed by atoms with Crippen molar-refractivity contribution in [3.8, 4) is 11.5 Å². The second-order valence-corrected chi connectivity index (χ2v) is 5.18. The molecule has 2 rings (SSSR count). The van der Waals surface area contributed by atoms with Crippen molar-refractivity contribution in [2.75, 3.05) is 6.54 Å². The summed E-state index contributed by atoms with van der Waals surface area (Å²) in [6, 6.07) is 12.7. The first-order valence-electron chi connectivity index (χ1n) is 7.47. The van der Waals surface area contributed by atoms with Crippen LogP contribution in [0.2, 0.25) is 0 Å². The summed E-state index contributed by atoms with van der Waals surface area (Å²) < 4.78 is 19.3. The molecule has 2 aromatic rings. The van der Waals surface area contributed by atoms with Gasteiger partial charge >= 0.3 is 0 Å². The third-order valence-electron chi connectivity index (χ3n) is 3.34. The summed E-state index contributed by atoms with van der Waals surface area (Å²) in [6.07, 6.45) is 4.10. The molecule has 112 valence electrons. The van der Waals surface area contributed by atoms with E-state index in [1.54, 1.807) is 0 Å². The van der Waals surface area contributed by atoms with Crippen molar-refractivity contribution in [3.05, 3.63) is 59.4 Å². The Morgan fingerprint density at radius 3 is 2.38 bits per heavy atom. The molecule has 2 nitrogen and oxygen atoms in total. The Hall–Kier alpha value is -1.87. The summed E-state index contributed by atoms with van der Waals surface area (Å²) in [5, 5.41) is 0. The Morgan fingerprint density at radius 2 is 1.71 bits per heavy atom. The molecule has 0 aliphatic carbocycles. The molecule has 0 aliphatic heterocycles. The quantitative estimate of drug-likeness (QED) is 0.816. The first kappa shape index (κ1) is 15.5. The second-order valence-electron chi connectivity index (χ2n) is 5.18. The van der Waals surface area contributed by atoms with E-state index in [1.165, 1.54) is 30.5 Å². The number of ether oxygens (including phenoxy) is 1. The van der Waals surface area contributed by atoms with Crippen LogP contribution < -0.4 is 10.5 Å². The van der Waals surface area contributed by atoms with E-state index in [9.17, 15) is 4.39 Å². The third-order valence-corrected chi connectivity index (χ3v) is 3.34. The minimum absolute atomic E-state index is 0.296. The van der Waals surface area contributed by atoms with Gasteiger partial charge in [0.25, 0.3) is 0 Å². The summed E-state index contributed by atoms with van der Waals surface area (Å²) in [7, 11) is 0. The normalized spacial score (nSPS) is 10.6. The SMILES string of the molecule is CCCCc1ccc(Oc2cc(F)cc(CCN)c2)cc1. The molecular formula is C18H22FNO. The van der Waals surface area contributed by atoms with E-state index >= 15 is 0 Å². The molecule has 0 spiro atoms. The molecule has 0 amide bonds. The average Bonchev–Trinajstić information content (AvgIpc) is 2.46. The lowest BCUT2D eigenvalue weighted by molar-refractivity contribution is 0.475. The van der Waals surface area contributed by atoms with Crippen LogP contribution in [0.4, 0.5) is 4.39 Å². The van der Waals surface area contributed by atoms with Crippen molar-refractivity contribution in [1.29, 1.82) is 0 Å². The molecule has 0 unspecified atom stereocenters. The van der Waals surface area contributed by atoms with Gasteiger partial charge in [0.05, 0.1) is 0 Å². The van der Waals surface area contributed by atoms with E-state index < -0.39 is 0 Å². The van der Waals surface area contributed by atoms with E-state index in [0.29, 0.717) is 18.7 Å². The lowest BCUT2D eigenvalue weighted by Crippen LogP contribution is -2.03. The first-order valence-corrected chi connectivity index (χ1v) is 7.47. The Bertz CT molecular complexity index is 566. The summed E-state index contributed by atoms with van der Waals surface area (Å²) in [4.78, 5) is 0. The fourth-order valence-electron chi connectivity index (χ4n) is 2.23. The van der Waals surface area contributed by atoms with E-state index in [0.717, 1.165) is 17.7 Å². The van der Waals surface area contributed by atoms with Crippen molar-refractivity contribution in [1.82, 2.24) is 0 Å². The monoisotopic (exact) mass is 287 g/mol. The Labute approximate surface area is 125 Å². The van der Waals surface area contributed by atoms with Crippen molar-refractivity contribution in [2.24, 2.45) is 5.73 Å². The summed E-state index contributed by atoms with van der Waals surface area (Å²) >= 11 is 0. The van der Waals surface area contributed by atoms with Crippen molar-refractivity contribution in [2.45, 2.75) is 32.6 Å². The van der Waals surface area contributed by atoms with Crippen LogP contribution in [0.25, 0.3) is 0 Å². The van der Waals surface area contributed by atoms with Crippen LogP contribution in [0, 0.1) is 5.82 Å². The smallest absolute Gasteiger partial charge is 0.130 e. The van der Waals surface area contributed by atoms with Gasteiger partial charge in [-0.25, -0.2) is 4.39 Å². The van der Waals surface area contributed by atoms with Gasteiger partial charge in [-0.05, 0) is 61.2 Å². The van der Waals surface area contributed by atoms with Gasteiger partial charge in [-0.1, -0.05) is 25.5 Å². The van der Waals surface area contributed by atoms with E-state index in [1.807, 2.05) is 18.2 Å². The fraction of sp³-hybridized carbons (Fsp3) is 0.333. The molecule has 0 aliphatic rings. The lowest BCUT2D eigenvalue weighted by Gasteiger charge is -2.09. The topological polar surface area (TPSA) is 35.2 Å². The molecule has 2 aromatic carbocycles. The number of benzene rings is 2. The molecule has 0 fully saturated rings. The van der Waals surface area contributed by atoms with Crippen LogP contribution in [0.3, 0.4) is 0 Å². The molecule has 0 aromatic heterocycles. The van der Waals surface area contributed by atoms with Gasteiger partial charge in [0, 0.05) is 6.07 Å². The number of hydrogen-bond donors (Lipinski definition) is 1. The number of hydrogen-bond acceptors (Lipinski definition) is 2. The molecule has 0 radical (unpaired) electrons. The molecule has 0 saturated carbocycles. The highest BCUT2D eigenvalue weighted by Crippen LogP contribution is 2.24. The molecule has 21 heavy (non-hydrogen) atoms. The van der Waals surface area contributed by atoms with E-state index in [-0.39, 0.29) is 5.82 Å². The predicted octanol–water partition coefficient (Wildman–Crippen LogP) is 4.46. The summed E-state index contributed by atoms with van der Waals surface area (Å²) in [5.74, 6) is 0.940. The lowest BCUT2D eigenvalue weighted by atomic mass is 10.1. The standard InChI is InChI=1S/C18H22FNO/c1-2-3-4-14-5-7-17(8-6-14)21-18-12-15(9-10-20)11-16(19)13-18/h5-8,11-13H,2-4,9-10,20H2,1H3. The highest BCUT2D eigenvalue weighted by molar-refractivity contribution is 5.36. The van der Waals surface area contributed by atoms with Crippen LogP contribution in [-0.4, -0.2) is 6.54 Å². The molecule has 0 bridgehead atoms. The van der Waals surface area contributed by atoms with Gasteiger partial charge < -0.3 is 10.5 Å². The maximum atomic E-state index is 13.5. The van der Waals surface area contributed by atoms with Crippen molar-refractivity contribution in [3.63, 3.8) is 0 Å². The minimum Gasteiger partial charge on any atom is -0.457 e. The molecule has 0 atom stereocenters. The van der Waals surface area contributed by atoms with Gasteiger partial charge in [0.1, 0.15) is 17.3 Å². The van der Waals surface area contributed by atoms with Crippen LogP contribution in [-0.2, 0) is 12.8 Å². The number of halogens is 1. The highest BCUT2D eigenvalue weighted by Gasteiger charge is 2.03. The molecule has 3 heteroatoms. The maximum Gasteiger partial charge on any atom is 0.130 e. The first-order chi connectivity index (χ1) is 10.2. The van der Waals surface area contributed by atoms with Gasteiger partial charge in [-0.2, -0.15) is 0 Å². The van der Waals surface area contributed by atoms with Crippen LogP contribution in [0.15, 0.2) is 42.5 Å². The van der Waals surface area contributed by atoms with Gasteiger partial charge in [0.15, 0.2) is 0 Å². The summed E-state index contributed by atoms with van der Waals surface area (Å²) in [5.41, 5.74) is 7.66. The van der Waals surface area contributed by atoms with Gasteiger partial charge in [0.2, 0.25) is 0 Å². The number of unbranched alkanes of at least 4 members (excludes halogenated alkanes) is 1. The predicted molar refractivity (Wildman–Crippen MR) is 84.3 cm³/mol. The van der Waals surface area contributed by atoms with Crippen molar-refractivity contribution >= 4 is 0 Å². The number of nitrogens with two attached hydrogens (primary N) is 1. The van der Waals surface area contributed by atoms with Crippen LogP contribution in [0.1, 0.15) is 30.9 Å². The highest BCUT2D eigenvalue weighted by atomic mass is 19.1. The minimum atomic E-state index is -0.296. The molecule has 2 N–H and O–H groups in total. The number of rotatable bonds is 7. The molecule has 0 heterocycles.